The lowest BCUT2D eigenvalue weighted by Crippen LogP contribution is -2.02. The van der Waals surface area contributed by atoms with Crippen LogP contribution in [0.1, 0.15) is 0 Å². The Morgan fingerprint density at radius 2 is 2.71 bits per heavy atom. The van der Waals surface area contributed by atoms with E-state index in [1.54, 1.807) is 12.1 Å². The summed E-state index contributed by atoms with van der Waals surface area (Å²) < 4.78 is 5.10. The van der Waals surface area contributed by atoms with Gasteiger partial charge in [-0.1, -0.05) is 6.58 Å². The Labute approximate surface area is 47.8 Å². The van der Waals surface area contributed by atoms with Crippen LogP contribution in [-0.2, 0) is 0 Å². The predicted octanol–water partition coefficient (Wildman–Crippen LogP) is 0.598. The smallest absolute Gasteiger partial charge is 0.0504 e. The molecule has 1 saturated heterocycles. The van der Waals surface area contributed by atoms with Crippen LogP contribution < -0.4 is 4.72 Å². The Kier molecular flexibility index (Phi) is 1.25. The highest BCUT2D eigenvalue weighted by Crippen LogP contribution is 2.12. The van der Waals surface area contributed by atoms with Crippen molar-refractivity contribution in [3.05, 3.63) is 12.3 Å². The zero-order valence-electron chi connectivity index (χ0n) is 4.27. The second-order valence-electron chi connectivity index (χ2n) is 1.58. The molecule has 0 bridgehead atoms. The number of nitrogens with zero attached hydrogens (tertiary/aromatic N) is 1. The minimum Gasteiger partial charge on any atom is -0.320 e. The van der Waals surface area contributed by atoms with Crippen molar-refractivity contribution in [2.45, 2.75) is 0 Å². The van der Waals surface area contributed by atoms with Gasteiger partial charge in [0.2, 0.25) is 0 Å². The molecule has 0 aliphatic carbocycles. The number of rotatable bonds is 0. The molecule has 0 aromatic carbocycles. The Morgan fingerprint density at radius 1 is 2.00 bits per heavy atom. The highest BCUT2D eigenvalue weighted by Gasteiger charge is 2.08. The molecule has 1 N–H and O–H groups in total. The largest absolute Gasteiger partial charge is 0.320 e. The van der Waals surface area contributed by atoms with Gasteiger partial charge < -0.3 is 4.72 Å². The Hall–Kier alpha value is -0.150. The third kappa shape index (κ3) is 1.11. The molecule has 0 atom stereocenters. The Balaban J connectivity index is 2.40. The van der Waals surface area contributed by atoms with Gasteiger partial charge in [0.05, 0.1) is 6.54 Å². The third-order valence-corrected chi connectivity index (χ3v) is 1.58. The zero-order valence-corrected chi connectivity index (χ0v) is 5.09. The first-order valence-electron chi connectivity index (χ1n) is 2.11. The molecule has 2 nitrogen and oxygen atoms in total. The molecular formula is C4H8N2S. The summed E-state index contributed by atoms with van der Waals surface area (Å²) in [6.07, 6.45) is 0. The first-order chi connectivity index (χ1) is 3.29. The molecule has 0 aromatic rings. The predicted molar refractivity (Wildman–Crippen MR) is 32.5 cm³/mol. The van der Waals surface area contributed by atoms with Crippen LogP contribution in [0.2, 0.25) is 0 Å². The molecule has 40 valence electrons. The molecule has 1 rings (SSSR count). The van der Waals surface area contributed by atoms with Crippen LogP contribution in [0.15, 0.2) is 12.3 Å². The highest BCUT2D eigenvalue weighted by atomic mass is 32.2. The van der Waals surface area contributed by atoms with Crippen molar-refractivity contribution in [3.63, 3.8) is 0 Å². The van der Waals surface area contributed by atoms with Gasteiger partial charge in [-0.3, -0.25) is 0 Å². The normalized spacial score (nSPS) is 22.7. The minimum absolute atomic E-state index is 0.963. The number of hydrogen-bond acceptors (Lipinski definition) is 3. The molecule has 1 aliphatic heterocycles. The monoisotopic (exact) mass is 116 g/mol. The zero-order chi connectivity index (χ0) is 5.28. The van der Waals surface area contributed by atoms with Crippen molar-refractivity contribution in [2.75, 3.05) is 13.6 Å². The summed E-state index contributed by atoms with van der Waals surface area (Å²) in [5.41, 5.74) is 1.09. The minimum atomic E-state index is 0.963. The van der Waals surface area contributed by atoms with Gasteiger partial charge in [0.1, 0.15) is 0 Å². The maximum atomic E-state index is 3.73. The number of nitrogens with one attached hydrogen (secondary N) is 1. The molecule has 0 radical (unpaired) electrons. The maximum Gasteiger partial charge on any atom is 0.0504 e. The van der Waals surface area contributed by atoms with E-state index in [1.165, 1.54) is 0 Å². The Bertz CT molecular complexity index is 91.7. The van der Waals surface area contributed by atoms with Crippen LogP contribution in [0.25, 0.3) is 0 Å². The first kappa shape index (κ1) is 5.00. The second-order valence-corrected chi connectivity index (χ2v) is 2.59. The molecule has 0 spiro atoms. The Morgan fingerprint density at radius 3 is 2.86 bits per heavy atom. The lowest BCUT2D eigenvalue weighted by Gasteiger charge is -1.96. The van der Waals surface area contributed by atoms with Crippen LogP contribution in [0.5, 0.6) is 0 Å². The quantitative estimate of drug-likeness (QED) is 0.466. The van der Waals surface area contributed by atoms with Crippen molar-refractivity contribution in [3.8, 4) is 0 Å². The molecule has 0 aromatic heterocycles. The van der Waals surface area contributed by atoms with Gasteiger partial charge in [0.25, 0.3) is 0 Å². The van der Waals surface area contributed by atoms with Crippen LogP contribution in [0.3, 0.4) is 0 Å². The molecule has 0 saturated carbocycles. The lowest BCUT2D eigenvalue weighted by molar-refractivity contribution is 0.642. The maximum absolute atomic E-state index is 3.73. The van der Waals surface area contributed by atoms with Gasteiger partial charge >= 0.3 is 0 Å². The van der Waals surface area contributed by atoms with Crippen LogP contribution in [0.4, 0.5) is 0 Å². The van der Waals surface area contributed by atoms with Gasteiger partial charge in [-0.2, -0.15) is 0 Å². The fourth-order valence-corrected chi connectivity index (χ4v) is 1.05. The van der Waals surface area contributed by atoms with Crippen molar-refractivity contribution >= 4 is 12.1 Å². The molecule has 0 unspecified atom stereocenters. The van der Waals surface area contributed by atoms with Crippen LogP contribution in [0, 0.1) is 0 Å². The molecule has 1 aliphatic rings. The summed E-state index contributed by atoms with van der Waals surface area (Å²) in [5, 5.41) is 0. The van der Waals surface area contributed by atoms with Crippen molar-refractivity contribution in [1.29, 1.82) is 0 Å². The van der Waals surface area contributed by atoms with E-state index in [1.807, 2.05) is 7.05 Å². The summed E-state index contributed by atoms with van der Waals surface area (Å²) in [5.74, 6) is 0. The van der Waals surface area contributed by atoms with E-state index in [9.17, 15) is 0 Å². The SMILES string of the molecule is C=C1CN(C)SN1. The third-order valence-electron chi connectivity index (χ3n) is 0.759. The van der Waals surface area contributed by atoms with E-state index in [0.29, 0.717) is 0 Å². The molecule has 1 fully saturated rings. The molecule has 1 heterocycles. The lowest BCUT2D eigenvalue weighted by atomic mass is 10.5. The standard InChI is InChI=1S/C4H8N2S/c1-4-3-6(2)7-5-4/h5H,1,3H2,2H3. The van der Waals surface area contributed by atoms with E-state index >= 15 is 0 Å². The summed E-state index contributed by atoms with van der Waals surface area (Å²) in [4.78, 5) is 0. The van der Waals surface area contributed by atoms with E-state index in [0.717, 1.165) is 12.2 Å². The van der Waals surface area contributed by atoms with Gasteiger partial charge in [-0.25, -0.2) is 4.31 Å². The molecule has 7 heavy (non-hydrogen) atoms. The second kappa shape index (κ2) is 1.76. The fraction of sp³-hybridized carbons (Fsp3) is 0.500. The average Bonchev–Trinajstić information content (AvgIpc) is 1.87. The van der Waals surface area contributed by atoms with Crippen LogP contribution >= 0.6 is 12.1 Å². The highest BCUT2D eigenvalue weighted by molar-refractivity contribution is 7.95. The topological polar surface area (TPSA) is 15.3 Å². The summed E-state index contributed by atoms with van der Waals surface area (Å²) in [7, 11) is 2.02. The van der Waals surface area contributed by atoms with E-state index in [2.05, 4.69) is 15.6 Å². The van der Waals surface area contributed by atoms with Crippen molar-refractivity contribution in [1.82, 2.24) is 9.03 Å². The van der Waals surface area contributed by atoms with E-state index in [4.69, 9.17) is 0 Å². The summed E-state index contributed by atoms with van der Waals surface area (Å²) >= 11 is 1.59. The summed E-state index contributed by atoms with van der Waals surface area (Å²) in [6, 6.07) is 0. The van der Waals surface area contributed by atoms with E-state index in [-0.39, 0.29) is 0 Å². The summed E-state index contributed by atoms with van der Waals surface area (Å²) in [6.45, 7) is 4.69. The fourth-order valence-electron chi connectivity index (χ4n) is 0.476. The molecule has 3 heteroatoms. The van der Waals surface area contributed by atoms with Gasteiger partial charge in [0, 0.05) is 17.8 Å². The van der Waals surface area contributed by atoms with Gasteiger partial charge in [-0.15, -0.1) is 0 Å². The first-order valence-corrected chi connectivity index (χ1v) is 2.88. The average molecular weight is 116 g/mol. The van der Waals surface area contributed by atoms with Crippen molar-refractivity contribution < 1.29 is 0 Å². The van der Waals surface area contributed by atoms with Crippen molar-refractivity contribution in [2.24, 2.45) is 0 Å². The van der Waals surface area contributed by atoms with E-state index < -0.39 is 0 Å². The van der Waals surface area contributed by atoms with Gasteiger partial charge in [0.15, 0.2) is 0 Å². The molecule has 0 amide bonds. The number of hydrogen-bond donors (Lipinski definition) is 1. The number of likely N-dealkylation sites (N-methyl/N-ethyl adjacent to an activating group) is 1. The van der Waals surface area contributed by atoms with Gasteiger partial charge in [-0.05, 0) is 7.05 Å². The molecular weight excluding hydrogens is 108 g/mol. The van der Waals surface area contributed by atoms with Crippen LogP contribution in [-0.4, -0.2) is 17.9 Å².